The van der Waals surface area contributed by atoms with E-state index in [1.807, 2.05) is 13.1 Å². The van der Waals surface area contributed by atoms with Crippen LogP contribution in [0.2, 0.25) is 0 Å². The average Bonchev–Trinajstić information content (AvgIpc) is 2.93. The van der Waals surface area contributed by atoms with Gasteiger partial charge in [-0.15, -0.1) is 0 Å². The van der Waals surface area contributed by atoms with Crippen LogP contribution >= 0.6 is 0 Å². The molecule has 0 radical (unpaired) electrons. The van der Waals surface area contributed by atoms with Gasteiger partial charge in [0.1, 0.15) is 6.54 Å². The number of rotatable bonds is 5. The molecule has 0 atom stereocenters. The van der Waals surface area contributed by atoms with Gasteiger partial charge in [0.25, 0.3) is 0 Å². The first kappa shape index (κ1) is 13.4. The molecule has 0 saturated heterocycles. The number of nitrogens with zero attached hydrogens (tertiary/aromatic N) is 4. The first-order valence-electron chi connectivity index (χ1n) is 5.80. The molecule has 0 spiro atoms. The van der Waals surface area contributed by atoms with Crippen molar-refractivity contribution in [3.8, 4) is 0 Å². The smallest absolute Gasteiger partial charge is 0.378 e. The molecule has 1 N–H and O–H groups in total. The molecule has 0 aromatic carbocycles. The quantitative estimate of drug-likeness (QED) is 0.909. The minimum absolute atomic E-state index is 0.410. The Hall–Kier alpha value is -1.99. The molecule has 0 saturated carbocycles. The zero-order chi connectivity index (χ0) is 13.9. The largest absolute Gasteiger partial charge is 0.408 e. The fourth-order valence-corrected chi connectivity index (χ4v) is 1.60. The molecular weight excluding hydrogens is 259 g/mol. The molecular formula is C11H14F3N5. The topological polar surface area (TPSA) is 47.7 Å². The van der Waals surface area contributed by atoms with Crippen LogP contribution in [0, 0.1) is 0 Å². The monoisotopic (exact) mass is 273 g/mol. The van der Waals surface area contributed by atoms with Crippen molar-refractivity contribution in [3.63, 3.8) is 0 Å². The number of hydrogen-bond donors (Lipinski definition) is 1. The number of alkyl halides is 3. The second kappa shape index (κ2) is 5.33. The van der Waals surface area contributed by atoms with E-state index in [9.17, 15) is 13.2 Å². The van der Waals surface area contributed by atoms with Crippen molar-refractivity contribution in [2.24, 2.45) is 0 Å². The van der Waals surface area contributed by atoms with E-state index in [4.69, 9.17) is 0 Å². The number of aryl methyl sites for hydroxylation is 1. The van der Waals surface area contributed by atoms with Gasteiger partial charge in [-0.05, 0) is 6.92 Å². The molecule has 2 rings (SSSR count). The lowest BCUT2D eigenvalue weighted by Crippen LogP contribution is -2.17. The van der Waals surface area contributed by atoms with Crippen molar-refractivity contribution in [2.45, 2.75) is 32.7 Å². The first-order valence-corrected chi connectivity index (χ1v) is 5.80. The molecule has 0 bridgehead atoms. The Labute approximate surface area is 108 Å². The lowest BCUT2D eigenvalue weighted by molar-refractivity contribution is -0.142. The summed E-state index contributed by atoms with van der Waals surface area (Å²) in [5.41, 5.74) is 1.51. The fourth-order valence-electron chi connectivity index (χ4n) is 1.60. The molecule has 104 valence electrons. The first-order chi connectivity index (χ1) is 8.96. The molecule has 0 aliphatic carbocycles. The van der Waals surface area contributed by atoms with E-state index >= 15 is 0 Å². The molecule has 0 unspecified atom stereocenters. The standard InChI is InChI=1S/C11H14F3N5/c1-2-18-7-10(5-17-18)15-3-9-4-16-19(6-9)8-11(12,13)14/h4-7,15H,2-3,8H2,1H3. The van der Waals surface area contributed by atoms with E-state index in [2.05, 4.69) is 15.5 Å². The maximum absolute atomic E-state index is 12.2. The molecule has 8 heteroatoms. The Balaban J connectivity index is 1.89. The van der Waals surface area contributed by atoms with Crippen LogP contribution < -0.4 is 5.32 Å². The van der Waals surface area contributed by atoms with Crippen LogP contribution in [0.25, 0.3) is 0 Å². The summed E-state index contributed by atoms with van der Waals surface area (Å²) in [6.07, 6.45) is 2.05. The lowest BCUT2D eigenvalue weighted by Gasteiger charge is -2.05. The molecule has 0 amide bonds. The Kier molecular flexibility index (Phi) is 3.77. The van der Waals surface area contributed by atoms with Gasteiger partial charge in [-0.3, -0.25) is 9.36 Å². The maximum Gasteiger partial charge on any atom is 0.408 e. The van der Waals surface area contributed by atoms with Crippen LogP contribution in [-0.2, 0) is 19.6 Å². The van der Waals surface area contributed by atoms with Crippen molar-refractivity contribution < 1.29 is 13.2 Å². The highest BCUT2D eigenvalue weighted by atomic mass is 19.4. The zero-order valence-electron chi connectivity index (χ0n) is 10.4. The Bertz CT molecular complexity index is 528. The van der Waals surface area contributed by atoms with Gasteiger partial charge in [-0.1, -0.05) is 0 Å². The second-order valence-electron chi connectivity index (χ2n) is 4.10. The van der Waals surface area contributed by atoms with Gasteiger partial charge in [-0.2, -0.15) is 23.4 Å². The van der Waals surface area contributed by atoms with E-state index in [0.29, 0.717) is 12.1 Å². The summed E-state index contributed by atoms with van der Waals surface area (Å²) in [7, 11) is 0. The van der Waals surface area contributed by atoms with Crippen LogP contribution in [0.3, 0.4) is 0 Å². The van der Waals surface area contributed by atoms with Gasteiger partial charge in [0.15, 0.2) is 0 Å². The predicted octanol–water partition coefficient (Wildman–Crippen LogP) is 2.27. The average molecular weight is 273 g/mol. The van der Waals surface area contributed by atoms with Crippen LogP contribution in [0.15, 0.2) is 24.8 Å². The SMILES string of the molecule is CCn1cc(NCc2cnn(CC(F)(F)F)c2)cn1. The van der Waals surface area contributed by atoms with E-state index in [-0.39, 0.29) is 0 Å². The Morgan fingerprint density at radius 2 is 1.89 bits per heavy atom. The highest BCUT2D eigenvalue weighted by Gasteiger charge is 2.28. The third kappa shape index (κ3) is 4.01. The van der Waals surface area contributed by atoms with Crippen LogP contribution in [0.5, 0.6) is 0 Å². The number of halogens is 3. The number of hydrogen-bond acceptors (Lipinski definition) is 3. The minimum Gasteiger partial charge on any atom is -0.378 e. The molecule has 19 heavy (non-hydrogen) atoms. The summed E-state index contributed by atoms with van der Waals surface area (Å²) in [5, 5.41) is 10.8. The van der Waals surface area contributed by atoms with E-state index in [1.54, 1.807) is 10.9 Å². The van der Waals surface area contributed by atoms with Crippen LogP contribution in [0.4, 0.5) is 18.9 Å². The van der Waals surface area contributed by atoms with Crippen molar-refractivity contribution in [3.05, 3.63) is 30.4 Å². The second-order valence-corrected chi connectivity index (χ2v) is 4.10. The van der Waals surface area contributed by atoms with Gasteiger partial charge in [0.05, 0.1) is 18.1 Å². The van der Waals surface area contributed by atoms with E-state index in [1.165, 1.54) is 12.4 Å². The Morgan fingerprint density at radius 1 is 1.16 bits per heavy atom. The third-order valence-electron chi connectivity index (χ3n) is 2.48. The third-order valence-corrected chi connectivity index (χ3v) is 2.48. The zero-order valence-corrected chi connectivity index (χ0v) is 10.4. The maximum atomic E-state index is 12.2. The van der Waals surface area contributed by atoms with Crippen LogP contribution in [0.1, 0.15) is 12.5 Å². The van der Waals surface area contributed by atoms with Crippen molar-refractivity contribution in [1.29, 1.82) is 0 Å². The van der Waals surface area contributed by atoms with Crippen molar-refractivity contribution in [1.82, 2.24) is 19.6 Å². The normalized spacial score (nSPS) is 11.8. The summed E-state index contributed by atoms with van der Waals surface area (Å²) in [6, 6.07) is 0. The fraction of sp³-hybridized carbons (Fsp3) is 0.455. The van der Waals surface area contributed by atoms with E-state index < -0.39 is 12.7 Å². The highest BCUT2D eigenvalue weighted by molar-refractivity contribution is 5.38. The predicted molar refractivity (Wildman–Crippen MR) is 63.5 cm³/mol. The highest BCUT2D eigenvalue weighted by Crippen LogP contribution is 2.17. The number of anilines is 1. The molecule has 0 fully saturated rings. The summed E-state index contributed by atoms with van der Waals surface area (Å²) in [5.74, 6) is 0. The summed E-state index contributed by atoms with van der Waals surface area (Å²) >= 11 is 0. The Morgan fingerprint density at radius 3 is 2.53 bits per heavy atom. The van der Waals surface area contributed by atoms with Crippen molar-refractivity contribution in [2.75, 3.05) is 5.32 Å². The van der Waals surface area contributed by atoms with Crippen molar-refractivity contribution >= 4 is 5.69 Å². The molecule has 2 aromatic rings. The minimum atomic E-state index is -4.25. The molecule has 2 aromatic heterocycles. The molecule has 0 aliphatic heterocycles. The molecule has 0 aliphatic rings. The van der Waals surface area contributed by atoms with E-state index in [0.717, 1.165) is 16.9 Å². The lowest BCUT2D eigenvalue weighted by atomic mass is 10.3. The number of aromatic nitrogens is 4. The van der Waals surface area contributed by atoms with Gasteiger partial charge < -0.3 is 5.32 Å². The number of nitrogens with one attached hydrogen (secondary N) is 1. The van der Waals surface area contributed by atoms with Gasteiger partial charge in [0, 0.05) is 31.0 Å². The molecule has 5 nitrogen and oxygen atoms in total. The van der Waals surface area contributed by atoms with Crippen LogP contribution in [-0.4, -0.2) is 25.7 Å². The van der Waals surface area contributed by atoms with Gasteiger partial charge in [-0.25, -0.2) is 0 Å². The summed E-state index contributed by atoms with van der Waals surface area (Å²) in [4.78, 5) is 0. The molecule has 2 heterocycles. The van der Waals surface area contributed by atoms with Gasteiger partial charge >= 0.3 is 6.18 Å². The summed E-state index contributed by atoms with van der Waals surface area (Å²) in [6.45, 7) is 2.08. The summed E-state index contributed by atoms with van der Waals surface area (Å²) < 4.78 is 39.1. The van der Waals surface area contributed by atoms with Gasteiger partial charge in [0.2, 0.25) is 0 Å².